The lowest BCUT2D eigenvalue weighted by Crippen LogP contribution is -2.16. The molecule has 0 saturated carbocycles. The minimum absolute atomic E-state index is 0.0148. The van der Waals surface area contributed by atoms with Crippen molar-refractivity contribution in [2.24, 2.45) is 0 Å². The normalized spacial score (nSPS) is 10.7. The van der Waals surface area contributed by atoms with Crippen LogP contribution in [0, 0.1) is 6.92 Å². The first kappa shape index (κ1) is 15.7. The molecule has 22 heavy (non-hydrogen) atoms. The number of rotatable bonds is 4. The molecule has 0 aliphatic carbocycles. The van der Waals surface area contributed by atoms with Crippen molar-refractivity contribution in [1.82, 2.24) is 4.57 Å². The molecule has 1 aromatic heterocycles. The van der Waals surface area contributed by atoms with E-state index < -0.39 is 17.1 Å². The number of phenolic OH excluding ortho intramolecular Hbond substituents is 1. The third-order valence-electron chi connectivity index (χ3n) is 3.43. The number of pyridine rings is 1. The van der Waals surface area contributed by atoms with E-state index >= 15 is 0 Å². The van der Waals surface area contributed by atoms with E-state index in [1.54, 1.807) is 6.07 Å². The van der Waals surface area contributed by atoms with Crippen molar-refractivity contribution >= 4 is 0 Å². The van der Waals surface area contributed by atoms with E-state index in [2.05, 4.69) is 0 Å². The van der Waals surface area contributed by atoms with Gasteiger partial charge in [-0.3, -0.25) is 4.79 Å². The van der Waals surface area contributed by atoms with Crippen LogP contribution in [0.1, 0.15) is 5.56 Å². The van der Waals surface area contributed by atoms with Gasteiger partial charge in [-0.15, -0.1) is 0 Å². The van der Waals surface area contributed by atoms with Crippen LogP contribution in [0.15, 0.2) is 23.0 Å². The summed E-state index contributed by atoms with van der Waals surface area (Å²) >= 11 is 0. The summed E-state index contributed by atoms with van der Waals surface area (Å²) in [7, 11) is 1.39. The van der Waals surface area contributed by atoms with Gasteiger partial charge in [0.2, 0.25) is 17.1 Å². The molecule has 2 aromatic rings. The van der Waals surface area contributed by atoms with Gasteiger partial charge in [-0.05, 0) is 25.1 Å². The van der Waals surface area contributed by atoms with Crippen LogP contribution < -0.4 is 10.2 Å². The Morgan fingerprint density at radius 1 is 1.23 bits per heavy atom. The van der Waals surface area contributed by atoms with E-state index in [9.17, 15) is 20.1 Å². The van der Waals surface area contributed by atoms with Crippen molar-refractivity contribution in [3.8, 4) is 34.4 Å². The fourth-order valence-electron chi connectivity index (χ4n) is 2.34. The molecule has 0 fully saturated rings. The Labute approximate surface area is 126 Å². The monoisotopic (exact) mass is 307 g/mol. The Morgan fingerprint density at radius 2 is 1.91 bits per heavy atom. The van der Waals surface area contributed by atoms with Gasteiger partial charge < -0.3 is 29.7 Å². The van der Waals surface area contributed by atoms with Crippen LogP contribution in [0.2, 0.25) is 0 Å². The molecule has 0 unspecified atom stereocenters. The lowest BCUT2D eigenvalue weighted by atomic mass is 10.0. The minimum Gasteiger partial charge on any atom is -0.504 e. The van der Waals surface area contributed by atoms with E-state index in [-0.39, 0.29) is 30.2 Å². The van der Waals surface area contributed by atoms with Crippen LogP contribution in [-0.2, 0) is 6.54 Å². The van der Waals surface area contributed by atoms with Gasteiger partial charge in [0.15, 0.2) is 11.5 Å². The van der Waals surface area contributed by atoms with Gasteiger partial charge in [-0.1, -0.05) is 0 Å². The topological polar surface area (TPSA) is 112 Å². The van der Waals surface area contributed by atoms with Gasteiger partial charge >= 0.3 is 0 Å². The lowest BCUT2D eigenvalue weighted by molar-refractivity contribution is 0.263. The van der Waals surface area contributed by atoms with Gasteiger partial charge in [-0.25, -0.2) is 0 Å². The van der Waals surface area contributed by atoms with E-state index in [0.717, 1.165) is 0 Å². The predicted octanol–water partition coefficient (Wildman–Crippen LogP) is 0.941. The first-order valence-corrected chi connectivity index (χ1v) is 6.56. The smallest absolute Gasteiger partial charge is 0.239 e. The maximum absolute atomic E-state index is 12.0. The number of aromatic hydroxyl groups is 3. The Kier molecular flexibility index (Phi) is 4.27. The number of aliphatic hydroxyl groups excluding tert-OH is 1. The minimum atomic E-state index is -0.763. The molecule has 1 aromatic carbocycles. The zero-order chi connectivity index (χ0) is 16.4. The molecule has 0 atom stereocenters. The average Bonchev–Trinajstić information content (AvgIpc) is 2.52. The van der Waals surface area contributed by atoms with Crippen LogP contribution in [0.25, 0.3) is 11.3 Å². The molecule has 0 spiro atoms. The van der Waals surface area contributed by atoms with E-state index in [4.69, 9.17) is 9.84 Å². The van der Waals surface area contributed by atoms with Crippen molar-refractivity contribution in [3.05, 3.63) is 34.0 Å². The van der Waals surface area contributed by atoms with Crippen molar-refractivity contribution in [2.45, 2.75) is 13.5 Å². The van der Waals surface area contributed by atoms with Gasteiger partial charge in [0.1, 0.15) is 0 Å². The van der Waals surface area contributed by atoms with Crippen molar-refractivity contribution in [3.63, 3.8) is 0 Å². The summed E-state index contributed by atoms with van der Waals surface area (Å²) in [5, 5.41) is 38.5. The quantitative estimate of drug-likeness (QED) is 0.669. The molecular formula is C15H17NO6. The largest absolute Gasteiger partial charge is 0.504 e. The number of benzene rings is 1. The van der Waals surface area contributed by atoms with Crippen LogP contribution in [-0.4, -0.2) is 38.7 Å². The third kappa shape index (κ3) is 2.46. The molecule has 7 nitrogen and oxygen atoms in total. The highest BCUT2D eigenvalue weighted by molar-refractivity contribution is 5.69. The number of phenols is 1. The highest BCUT2D eigenvalue weighted by Gasteiger charge is 2.20. The molecule has 118 valence electrons. The number of methoxy groups -OCH3 is 1. The van der Waals surface area contributed by atoms with Crippen molar-refractivity contribution in [2.75, 3.05) is 13.7 Å². The first-order valence-electron chi connectivity index (χ1n) is 6.56. The van der Waals surface area contributed by atoms with Crippen molar-refractivity contribution < 1.29 is 25.2 Å². The maximum atomic E-state index is 12.0. The first-order chi connectivity index (χ1) is 10.4. The number of ether oxygens (including phenoxy) is 1. The molecular weight excluding hydrogens is 290 g/mol. The summed E-state index contributed by atoms with van der Waals surface area (Å²) in [6.07, 6.45) is 0. The number of hydrogen-bond acceptors (Lipinski definition) is 6. The summed E-state index contributed by atoms with van der Waals surface area (Å²) in [6.45, 7) is 1.20. The molecule has 4 N–H and O–H groups in total. The zero-order valence-corrected chi connectivity index (χ0v) is 12.2. The lowest BCUT2D eigenvalue weighted by Gasteiger charge is -2.18. The Balaban J connectivity index is 2.81. The second-order valence-corrected chi connectivity index (χ2v) is 4.74. The number of nitrogens with zero attached hydrogens (tertiary/aromatic N) is 1. The Bertz CT molecular complexity index is 766. The van der Waals surface area contributed by atoms with E-state index in [1.165, 1.54) is 30.7 Å². The fourth-order valence-corrected chi connectivity index (χ4v) is 2.34. The number of aromatic nitrogens is 1. The summed E-state index contributed by atoms with van der Waals surface area (Å²) in [6, 6.07) is 4.44. The van der Waals surface area contributed by atoms with Crippen LogP contribution >= 0.6 is 0 Å². The second kappa shape index (κ2) is 5.98. The van der Waals surface area contributed by atoms with Gasteiger partial charge in [0, 0.05) is 17.7 Å². The van der Waals surface area contributed by atoms with E-state index in [0.29, 0.717) is 11.3 Å². The summed E-state index contributed by atoms with van der Waals surface area (Å²) in [5.74, 6) is -1.25. The van der Waals surface area contributed by atoms with Gasteiger partial charge in [0.05, 0.1) is 19.4 Å². The molecule has 0 aliphatic heterocycles. The molecule has 0 saturated heterocycles. The predicted molar refractivity (Wildman–Crippen MR) is 79.5 cm³/mol. The molecule has 0 radical (unpaired) electrons. The van der Waals surface area contributed by atoms with Crippen LogP contribution in [0.5, 0.6) is 23.1 Å². The van der Waals surface area contributed by atoms with Crippen LogP contribution in [0.3, 0.4) is 0 Å². The average molecular weight is 307 g/mol. The SMILES string of the molecule is COc1cc(-c2c(C)c(=O)c(O)c(O)n2CCO)ccc1O. The number of hydrogen-bond donors (Lipinski definition) is 4. The molecule has 0 aliphatic rings. The Morgan fingerprint density at radius 3 is 2.50 bits per heavy atom. The molecule has 7 heteroatoms. The van der Waals surface area contributed by atoms with Crippen LogP contribution in [0.4, 0.5) is 0 Å². The van der Waals surface area contributed by atoms with E-state index in [1.807, 2.05) is 0 Å². The van der Waals surface area contributed by atoms with Gasteiger partial charge in [0.25, 0.3) is 0 Å². The summed E-state index contributed by atoms with van der Waals surface area (Å²) in [4.78, 5) is 12.0. The zero-order valence-electron chi connectivity index (χ0n) is 12.2. The van der Waals surface area contributed by atoms with Gasteiger partial charge in [-0.2, -0.15) is 0 Å². The fraction of sp³-hybridized carbons (Fsp3) is 0.267. The molecule has 2 rings (SSSR count). The highest BCUT2D eigenvalue weighted by atomic mass is 16.5. The maximum Gasteiger partial charge on any atom is 0.239 e. The standard InChI is InChI=1S/C15H17NO6/c1-8-12(9-3-4-10(18)11(7-9)22-2)16(5-6-17)15(21)14(20)13(8)19/h3-4,7,17-18,20-21H,5-6H2,1-2H3. The summed E-state index contributed by atoms with van der Waals surface area (Å²) in [5.41, 5.74) is 0.325. The third-order valence-corrected chi connectivity index (χ3v) is 3.43. The second-order valence-electron chi connectivity index (χ2n) is 4.74. The molecule has 0 bridgehead atoms. The summed E-state index contributed by atoms with van der Waals surface area (Å²) < 4.78 is 6.27. The Hall–Kier alpha value is -2.67. The highest BCUT2D eigenvalue weighted by Crippen LogP contribution is 2.35. The van der Waals surface area contributed by atoms with Crippen molar-refractivity contribution in [1.29, 1.82) is 0 Å². The number of aliphatic hydroxyl groups is 1. The molecule has 0 amide bonds. The molecule has 1 heterocycles.